The van der Waals surface area contributed by atoms with Crippen molar-refractivity contribution in [2.75, 3.05) is 35.5 Å². The minimum absolute atomic E-state index is 0.128. The Bertz CT molecular complexity index is 771. The second kappa shape index (κ2) is 8.56. The van der Waals surface area contributed by atoms with E-state index in [4.69, 9.17) is 23.2 Å². The fraction of sp³-hybridized carbons (Fsp3) is 0.300. The molecule has 1 aliphatic carbocycles. The molecule has 0 saturated carbocycles. The lowest BCUT2D eigenvalue weighted by atomic mass is 9.82. The average molecular weight is 391 g/mol. The summed E-state index contributed by atoms with van der Waals surface area (Å²) >= 11 is 11.5. The van der Waals surface area contributed by atoms with E-state index in [-0.39, 0.29) is 11.6 Å². The maximum absolute atomic E-state index is 13.3. The van der Waals surface area contributed by atoms with Crippen LogP contribution in [-0.2, 0) is 0 Å². The van der Waals surface area contributed by atoms with Gasteiger partial charge in [0.15, 0.2) is 11.6 Å². The van der Waals surface area contributed by atoms with Gasteiger partial charge in [-0.1, -0.05) is 24.3 Å². The highest BCUT2D eigenvalue weighted by Crippen LogP contribution is 2.35. The number of hydrogen-bond acceptors (Lipinski definition) is 4. The van der Waals surface area contributed by atoms with Crippen LogP contribution in [0.15, 0.2) is 36.4 Å². The second-order valence-corrected chi connectivity index (χ2v) is 6.81. The van der Waals surface area contributed by atoms with E-state index in [0.717, 1.165) is 12.8 Å². The molecule has 0 fully saturated rings. The fourth-order valence-electron chi connectivity index (χ4n) is 3.12. The summed E-state index contributed by atoms with van der Waals surface area (Å²) in [5.41, 5.74) is 3.10. The Morgan fingerprint density at radius 2 is 1.15 bits per heavy atom. The Balaban J connectivity index is 2.02. The van der Waals surface area contributed by atoms with Gasteiger partial charge in [-0.05, 0) is 25.0 Å². The Hall–Kier alpha value is -2.04. The van der Waals surface area contributed by atoms with Crippen molar-refractivity contribution in [1.82, 2.24) is 0 Å². The van der Waals surface area contributed by atoms with Gasteiger partial charge in [0.2, 0.25) is 0 Å². The lowest BCUT2D eigenvalue weighted by Crippen LogP contribution is -2.24. The second-order valence-electron chi connectivity index (χ2n) is 6.05. The predicted molar refractivity (Wildman–Crippen MR) is 107 cm³/mol. The van der Waals surface area contributed by atoms with Crippen LogP contribution >= 0.6 is 23.2 Å². The van der Waals surface area contributed by atoms with Gasteiger partial charge in [-0.25, -0.2) is 0 Å². The number of hydrogen-bond donors (Lipinski definition) is 2. The van der Waals surface area contributed by atoms with E-state index in [9.17, 15) is 9.59 Å². The Morgan fingerprint density at radius 3 is 1.58 bits per heavy atom. The standard InChI is InChI=1S/C20H20Cl2N2O2/c21-9-3-11-23-15-7-1-5-13-17(15)20(26)18-14(19(13)25)6-2-8-16(18)24-12-4-10-22/h1-2,5-8,23-24H,3-4,9-12H2. The highest BCUT2D eigenvalue weighted by molar-refractivity contribution is 6.31. The monoisotopic (exact) mass is 390 g/mol. The van der Waals surface area contributed by atoms with Gasteiger partial charge in [-0.15, -0.1) is 23.2 Å². The number of carbonyl (C=O) groups excluding carboxylic acids is 2. The molecule has 2 aromatic carbocycles. The van der Waals surface area contributed by atoms with Gasteiger partial charge < -0.3 is 10.6 Å². The number of carbonyl (C=O) groups is 2. The molecule has 26 heavy (non-hydrogen) atoms. The molecule has 0 saturated heterocycles. The fourth-order valence-corrected chi connectivity index (χ4v) is 3.38. The van der Waals surface area contributed by atoms with E-state index in [2.05, 4.69) is 10.6 Å². The SMILES string of the molecule is O=C1c2cccc(NCCCCl)c2C(=O)c2c(NCCCCl)cccc21. The predicted octanol–water partition coefficient (Wildman–Crippen LogP) is 4.54. The number of nitrogens with one attached hydrogen (secondary N) is 2. The van der Waals surface area contributed by atoms with Gasteiger partial charge in [-0.2, -0.15) is 0 Å². The lowest BCUT2D eigenvalue weighted by molar-refractivity contribution is 0.0980. The first-order valence-corrected chi connectivity index (χ1v) is 9.71. The van der Waals surface area contributed by atoms with Crippen molar-refractivity contribution in [3.63, 3.8) is 0 Å². The maximum Gasteiger partial charge on any atom is 0.198 e. The van der Waals surface area contributed by atoms with E-state index < -0.39 is 0 Å². The third kappa shape index (κ3) is 3.57. The molecule has 1 aliphatic rings. The molecule has 0 aromatic heterocycles. The Morgan fingerprint density at radius 1 is 0.692 bits per heavy atom. The summed E-state index contributed by atoms with van der Waals surface area (Å²) in [6.07, 6.45) is 1.55. The summed E-state index contributed by atoms with van der Waals surface area (Å²) in [6, 6.07) is 10.7. The van der Waals surface area contributed by atoms with E-state index in [1.165, 1.54) is 0 Å². The summed E-state index contributed by atoms with van der Waals surface area (Å²) in [7, 11) is 0. The van der Waals surface area contributed by atoms with E-state index in [1.54, 1.807) is 24.3 Å². The molecule has 0 atom stereocenters. The van der Waals surface area contributed by atoms with Gasteiger partial charge in [0.1, 0.15) is 0 Å². The van der Waals surface area contributed by atoms with Crippen molar-refractivity contribution >= 4 is 46.1 Å². The largest absolute Gasteiger partial charge is 0.384 e. The number of benzene rings is 2. The van der Waals surface area contributed by atoms with E-state index in [1.807, 2.05) is 12.1 Å². The number of anilines is 2. The zero-order chi connectivity index (χ0) is 18.5. The molecule has 3 rings (SSSR count). The molecular weight excluding hydrogens is 371 g/mol. The van der Waals surface area contributed by atoms with Crippen LogP contribution in [0.1, 0.15) is 44.7 Å². The number of halogens is 2. The van der Waals surface area contributed by atoms with E-state index >= 15 is 0 Å². The molecule has 0 unspecified atom stereocenters. The van der Waals surface area contributed by atoms with Crippen LogP contribution in [-0.4, -0.2) is 36.4 Å². The van der Waals surface area contributed by atoms with Gasteiger partial charge in [0, 0.05) is 47.4 Å². The molecule has 0 aliphatic heterocycles. The van der Waals surface area contributed by atoms with Crippen molar-refractivity contribution < 1.29 is 9.59 Å². The molecule has 0 spiro atoms. The molecule has 0 amide bonds. The Kier molecular flexibility index (Phi) is 6.17. The van der Waals surface area contributed by atoms with Crippen LogP contribution in [0.5, 0.6) is 0 Å². The molecule has 0 radical (unpaired) electrons. The lowest BCUT2D eigenvalue weighted by Gasteiger charge is -2.23. The van der Waals surface area contributed by atoms with Gasteiger partial charge in [-0.3, -0.25) is 9.59 Å². The number of ketones is 2. The first-order chi connectivity index (χ1) is 12.7. The molecule has 6 heteroatoms. The van der Waals surface area contributed by atoms with Crippen LogP contribution in [0.4, 0.5) is 11.4 Å². The molecule has 2 N–H and O–H groups in total. The van der Waals surface area contributed by atoms with Crippen LogP contribution in [0.2, 0.25) is 0 Å². The van der Waals surface area contributed by atoms with Gasteiger partial charge in [0.25, 0.3) is 0 Å². The molecule has 0 bridgehead atoms. The van der Waals surface area contributed by atoms with Crippen molar-refractivity contribution in [3.8, 4) is 0 Å². The van der Waals surface area contributed by atoms with Crippen molar-refractivity contribution in [2.45, 2.75) is 12.8 Å². The smallest absolute Gasteiger partial charge is 0.198 e. The van der Waals surface area contributed by atoms with Crippen LogP contribution in [0, 0.1) is 0 Å². The zero-order valence-corrected chi connectivity index (χ0v) is 15.8. The molecule has 136 valence electrons. The summed E-state index contributed by atoms with van der Waals surface area (Å²) in [5.74, 6) is 0.799. The van der Waals surface area contributed by atoms with E-state index in [0.29, 0.717) is 58.5 Å². The minimum Gasteiger partial charge on any atom is -0.384 e. The summed E-state index contributed by atoms with van der Waals surface area (Å²) in [4.78, 5) is 26.2. The van der Waals surface area contributed by atoms with Crippen LogP contribution in [0.3, 0.4) is 0 Å². The highest BCUT2D eigenvalue weighted by atomic mass is 35.5. The normalized spacial score (nSPS) is 12.5. The maximum atomic E-state index is 13.3. The Labute approximate surface area is 162 Å². The highest BCUT2D eigenvalue weighted by Gasteiger charge is 2.33. The first-order valence-electron chi connectivity index (χ1n) is 8.64. The molecule has 2 aromatic rings. The number of fused-ring (bicyclic) bond motifs is 2. The summed E-state index contributed by atoms with van der Waals surface area (Å²) < 4.78 is 0. The molecule has 0 heterocycles. The zero-order valence-electron chi connectivity index (χ0n) is 14.3. The minimum atomic E-state index is -0.141. The third-order valence-corrected chi connectivity index (χ3v) is 4.86. The third-order valence-electron chi connectivity index (χ3n) is 4.32. The van der Waals surface area contributed by atoms with Crippen LogP contribution < -0.4 is 10.6 Å². The van der Waals surface area contributed by atoms with Crippen molar-refractivity contribution in [2.24, 2.45) is 0 Å². The quantitative estimate of drug-likeness (QED) is 0.437. The molecule has 4 nitrogen and oxygen atoms in total. The topological polar surface area (TPSA) is 58.2 Å². The summed E-state index contributed by atoms with van der Waals surface area (Å²) in [6.45, 7) is 1.29. The van der Waals surface area contributed by atoms with Gasteiger partial charge in [0.05, 0.1) is 11.1 Å². The van der Waals surface area contributed by atoms with Gasteiger partial charge >= 0.3 is 0 Å². The van der Waals surface area contributed by atoms with Crippen molar-refractivity contribution in [1.29, 1.82) is 0 Å². The summed E-state index contributed by atoms with van der Waals surface area (Å²) in [5, 5.41) is 6.46. The van der Waals surface area contributed by atoms with Crippen LogP contribution in [0.25, 0.3) is 0 Å². The average Bonchev–Trinajstić information content (AvgIpc) is 2.66. The number of alkyl halides is 2. The first kappa shape index (κ1) is 18.7. The van der Waals surface area contributed by atoms with Crippen molar-refractivity contribution in [3.05, 3.63) is 58.7 Å². The molecular formula is C20H20Cl2N2O2. The number of rotatable bonds is 8.